The first kappa shape index (κ1) is 13.3. The number of urea groups is 1. The maximum absolute atomic E-state index is 11.6. The predicted octanol–water partition coefficient (Wildman–Crippen LogP) is 2.91. The van der Waals surface area contributed by atoms with Gasteiger partial charge in [0.1, 0.15) is 0 Å². The van der Waals surface area contributed by atoms with E-state index >= 15 is 0 Å². The molecule has 0 aliphatic heterocycles. The third-order valence-corrected chi connectivity index (χ3v) is 3.53. The van der Waals surface area contributed by atoms with Crippen LogP contribution in [0.4, 0.5) is 4.79 Å². The van der Waals surface area contributed by atoms with E-state index in [0.29, 0.717) is 17.9 Å². The van der Waals surface area contributed by atoms with Crippen LogP contribution in [0.1, 0.15) is 52.9 Å². The summed E-state index contributed by atoms with van der Waals surface area (Å²) in [5.74, 6) is 1.32. The summed E-state index contributed by atoms with van der Waals surface area (Å²) in [6.45, 7) is 7.35. The highest BCUT2D eigenvalue weighted by Gasteiger charge is 2.28. The van der Waals surface area contributed by atoms with Crippen LogP contribution >= 0.6 is 0 Å². The van der Waals surface area contributed by atoms with Crippen molar-refractivity contribution in [1.82, 2.24) is 10.6 Å². The molecule has 2 amide bonds. The molecule has 2 N–H and O–H groups in total. The second-order valence-corrected chi connectivity index (χ2v) is 5.20. The van der Waals surface area contributed by atoms with Gasteiger partial charge in [-0.25, -0.2) is 4.79 Å². The van der Waals surface area contributed by atoms with Gasteiger partial charge in [0.25, 0.3) is 0 Å². The molecule has 2 unspecified atom stereocenters. The number of nitrogens with one attached hydrogen (secondary N) is 2. The van der Waals surface area contributed by atoms with Crippen LogP contribution in [0.3, 0.4) is 0 Å². The molecule has 1 aliphatic carbocycles. The molecule has 2 atom stereocenters. The van der Waals surface area contributed by atoms with E-state index in [-0.39, 0.29) is 6.03 Å². The maximum atomic E-state index is 11.6. The average Bonchev–Trinajstić information content (AvgIpc) is 2.27. The second kappa shape index (κ2) is 6.77. The minimum atomic E-state index is 0.0133. The third kappa shape index (κ3) is 4.03. The van der Waals surface area contributed by atoms with Gasteiger partial charge in [-0.1, -0.05) is 33.6 Å². The van der Waals surface area contributed by atoms with E-state index in [1.54, 1.807) is 0 Å². The Morgan fingerprint density at radius 2 is 2.00 bits per heavy atom. The molecule has 3 heteroatoms. The highest BCUT2D eigenvalue weighted by atomic mass is 16.2. The van der Waals surface area contributed by atoms with Gasteiger partial charge in [-0.15, -0.1) is 0 Å². The van der Waals surface area contributed by atoms with Gasteiger partial charge < -0.3 is 10.6 Å². The molecule has 0 radical (unpaired) electrons. The Labute approximate surface area is 99.4 Å². The largest absolute Gasteiger partial charge is 0.338 e. The Bertz CT molecular complexity index is 216. The summed E-state index contributed by atoms with van der Waals surface area (Å²) < 4.78 is 0. The van der Waals surface area contributed by atoms with Gasteiger partial charge in [0.05, 0.1) is 0 Å². The van der Waals surface area contributed by atoms with Gasteiger partial charge in [0.15, 0.2) is 0 Å². The van der Waals surface area contributed by atoms with Crippen LogP contribution in [0.2, 0.25) is 0 Å². The van der Waals surface area contributed by atoms with Crippen molar-refractivity contribution >= 4 is 6.03 Å². The molecule has 0 aromatic rings. The molecule has 3 nitrogen and oxygen atoms in total. The van der Waals surface area contributed by atoms with E-state index in [4.69, 9.17) is 0 Å². The van der Waals surface area contributed by atoms with Crippen LogP contribution < -0.4 is 10.6 Å². The quantitative estimate of drug-likeness (QED) is 0.760. The Morgan fingerprint density at radius 1 is 1.31 bits per heavy atom. The predicted molar refractivity (Wildman–Crippen MR) is 67.4 cm³/mol. The van der Waals surface area contributed by atoms with Crippen molar-refractivity contribution in [2.75, 3.05) is 6.54 Å². The molecule has 1 rings (SSSR count). The summed E-state index contributed by atoms with van der Waals surface area (Å²) in [5, 5.41) is 6.02. The highest BCUT2D eigenvalue weighted by Crippen LogP contribution is 2.29. The number of hydrogen-bond acceptors (Lipinski definition) is 1. The Hall–Kier alpha value is -0.730. The summed E-state index contributed by atoms with van der Waals surface area (Å²) in [5.41, 5.74) is 0. The Balaban J connectivity index is 2.40. The van der Waals surface area contributed by atoms with E-state index in [1.165, 1.54) is 19.3 Å². The fourth-order valence-electron chi connectivity index (χ4n) is 2.59. The van der Waals surface area contributed by atoms with Crippen molar-refractivity contribution in [3.05, 3.63) is 0 Å². The number of rotatable bonds is 4. The lowest BCUT2D eigenvalue weighted by atomic mass is 9.78. The summed E-state index contributed by atoms with van der Waals surface area (Å²) >= 11 is 0. The summed E-state index contributed by atoms with van der Waals surface area (Å²) in [7, 11) is 0. The molecule has 1 aliphatic rings. The molecule has 94 valence electrons. The average molecular weight is 226 g/mol. The van der Waals surface area contributed by atoms with E-state index in [0.717, 1.165) is 19.4 Å². The van der Waals surface area contributed by atoms with Gasteiger partial charge in [0.2, 0.25) is 0 Å². The van der Waals surface area contributed by atoms with Crippen molar-refractivity contribution in [1.29, 1.82) is 0 Å². The molecule has 0 bridgehead atoms. The first-order chi connectivity index (χ1) is 7.65. The van der Waals surface area contributed by atoms with Crippen molar-refractivity contribution in [2.24, 2.45) is 11.8 Å². The third-order valence-electron chi connectivity index (χ3n) is 3.53. The SMILES string of the molecule is CCCNC(=O)NC1CCCCC1C(C)C. The lowest BCUT2D eigenvalue weighted by Crippen LogP contribution is -2.48. The van der Waals surface area contributed by atoms with E-state index in [9.17, 15) is 4.79 Å². The zero-order valence-electron chi connectivity index (χ0n) is 10.9. The topological polar surface area (TPSA) is 41.1 Å². The number of carbonyl (C=O) groups is 1. The molecular weight excluding hydrogens is 200 g/mol. The van der Waals surface area contributed by atoms with Crippen molar-refractivity contribution < 1.29 is 4.79 Å². The Morgan fingerprint density at radius 3 is 2.62 bits per heavy atom. The number of hydrogen-bond donors (Lipinski definition) is 2. The van der Waals surface area contributed by atoms with Crippen LogP contribution in [0.25, 0.3) is 0 Å². The fraction of sp³-hybridized carbons (Fsp3) is 0.923. The van der Waals surface area contributed by atoms with Crippen LogP contribution in [0.5, 0.6) is 0 Å². The van der Waals surface area contributed by atoms with Gasteiger partial charge in [-0.3, -0.25) is 0 Å². The smallest absolute Gasteiger partial charge is 0.315 e. The Kier molecular flexibility index (Phi) is 5.64. The van der Waals surface area contributed by atoms with Crippen molar-refractivity contribution in [3.8, 4) is 0 Å². The normalized spacial score (nSPS) is 25.5. The molecule has 1 saturated carbocycles. The van der Waals surface area contributed by atoms with E-state index in [1.807, 2.05) is 0 Å². The maximum Gasteiger partial charge on any atom is 0.315 e. The van der Waals surface area contributed by atoms with Gasteiger partial charge in [0, 0.05) is 12.6 Å². The molecule has 16 heavy (non-hydrogen) atoms. The van der Waals surface area contributed by atoms with Crippen LogP contribution in [0.15, 0.2) is 0 Å². The van der Waals surface area contributed by atoms with E-state index in [2.05, 4.69) is 31.4 Å². The summed E-state index contributed by atoms with van der Waals surface area (Å²) in [6, 6.07) is 0.394. The zero-order chi connectivity index (χ0) is 12.0. The first-order valence-electron chi connectivity index (χ1n) is 6.69. The first-order valence-corrected chi connectivity index (χ1v) is 6.69. The van der Waals surface area contributed by atoms with Gasteiger partial charge in [-0.2, -0.15) is 0 Å². The molecule has 0 aromatic carbocycles. The monoisotopic (exact) mass is 226 g/mol. The second-order valence-electron chi connectivity index (χ2n) is 5.20. The van der Waals surface area contributed by atoms with Crippen LogP contribution in [-0.4, -0.2) is 18.6 Å². The molecular formula is C13H26N2O. The summed E-state index contributed by atoms with van der Waals surface area (Å²) in [4.78, 5) is 11.6. The number of amides is 2. The van der Waals surface area contributed by atoms with Crippen LogP contribution in [0, 0.1) is 11.8 Å². The zero-order valence-corrected chi connectivity index (χ0v) is 10.9. The van der Waals surface area contributed by atoms with Gasteiger partial charge >= 0.3 is 6.03 Å². The molecule has 0 saturated heterocycles. The van der Waals surface area contributed by atoms with Crippen LogP contribution in [-0.2, 0) is 0 Å². The highest BCUT2D eigenvalue weighted by molar-refractivity contribution is 5.74. The minimum Gasteiger partial charge on any atom is -0.338 e. The molecule has 0 aromatic heterocycles. The van der Waals surface area contributed by atoms with E-state index < -0.39 is 0 Å². The fourth-order valence-corrected chi connectivity index (χ4v) is 2.59. The number of carbonyl (C=O) groups excluding carboxylic acids is 1. The molecule has 1 fully saturated rings. The van der Waals surface area contributed by atoms with Crippen molar-refractivity contribution in [3.63, 3.8) is 0 Å². The van der Waals surface area contributed by atoms with Gasteiger partial charge in [-0.05, 0) is 31.1 Å². The lowest BCUT2D eigenvalue weighted by Gasteiger charge is -2.34. The molecule has 0 heterocycles. The standard InChI is InChI=1S/C13H26N2O/c1-4-9-14-13(16)15-12-8-6-5-7-11(12)10(2)3/h10-12H,4-9H2,1-3H3,(H2,14,15,16). The van der Waals surface area contributed by atoms with Crippen molar-refractivity contribution in [2.45, 2.75) is 58.9 Å². The molecule has 0 spiro atoms. The lowest BCUT2D eigenvalue weighted by molar-refractivity contribution is 0.194. The summed E-state index contributed by atoms with van der Waals surface area (Å²) in [6.07, 6.45) is 5.96. The minimum absolute atomic E-state index is 0.0133.